The van der Waals surface area contributed by atoms with Gasteiger partial charge in [0, 0.05) is 35.0 Å². The molecular weight excluding hydrogens is 260 g/mol. The molecular formula is C11H15ClN2O2S. The van der Waals surface area contributed by atoms with Gasteiger partial charge in [-0.05, 0) is 18.6 Å². The largest absolute Gasteiger partial charge is 0.352 e. The standard InChI is InChI=1S/C11H15ClN2O2S/c1-8(17(2)16)5-7-14-11(15)9-4-3-6-13-10(9)12/h3-4,6,8H,5,7H2,1-2H3,(H,14,15). The number of hydrogen-bond donors (Lipinski definition) is 1. The first-order valence-electron chi connectivity index (χ1n) is 5.23. The molecule has 0 aliphatic rings. The zero-order valence-corrected chi connectivity index (χ0v) is 11.3. The molecule has 1 amide bonds. The molecule has 0 spiro atoms. The minimum Gasteiger partial charge on any atom is -0.352 e. The molecule has 6 heteroatoms. The van der Waals surface area contributed by atoms with E-state index in [1.807, 2.05) is 6.92 Å². The first-order chi connectivity index (χ1) is 8.02. The Hall–Kier alpha value is -0.940. The summed E-state index contributed by atoms with van der Waals surface area (Å²) in [6.45, 7) is 2.37. The lowest BCUT2D eigenvalue weighted by atomic mass is 10.2. The summed E-state index contributed by atoms with van der Waals surface area (Å²) in [5, 5.41) is 2.99. The van der Waals surface area contributed by atoms with Crippen molar-refractivity contribution in [2.75, 3.05) is 12.8 Å². The lowest BCUT2D eigenvalue weighted by molar-refractivity contribution is 0.0953. The number of carbonyl (C=O) groups excluding carboxylic acids is 1. The number of halogens is 1. The van der Waals surface area contributed by atoms with Gasteiger partial charge in [-0.25, -0.2) is 4.98 Å². The first kappa shape index (κ1) is 14.1. The molecule has 0 aromatic carbocycles. The van der Waals surface area contributed by atoms with Gasteiger partial charge in [-0.3, -0.25) is 9.00 Å². The molecule has 1 aromatic rings. The number of pyridine rings is 1. The second kappa shape index (κ2) is 6.71. The first-order valence-corrected chi connectivity index (χ1v) is 7.23. The molecule has 0 saturated heterocycles. The summed E-state index contributed by atoms with van der Waals surface area (Å²) in [5.41, 5.74) is 0.361. The van der Waals surface area contributed by atoms with Crippen LogP contribution in [0.5, 0.6) is 0 Å². The van der Waals surface area contributed by atoms with Crippen molar-refractivity contribution in [1.82, 2.24) is 10.3 Å². The second-order valence-corrected chi connectivity index (χ2v) is 5.86. The van der Waals surface area contributed by atoms with E-state index in [1.54, 1.807) is 18.4 Å². The lowest BCUT2D eigenvalue weighted by Crippen LogP contribution is -2.27. The molecule has 1 heterocycles. The van der Waals surface area contributed by atoms with Crippen LogP contribution in [-0.4, -0.2) is 33.2 Å². The fraction of sp³-hybridized carbons (Fsp3) is 0.455. The van der Waals surface area contributed by atoms with Gasteiger partial charge in [-0.15, -0.1) is 0 Å². The average Bonchev–Trinajstić information content (AvgIpc) is 2.29. The van der Waals surface area contributed by atoms with Gasteiger partial charge in [0.1, 0.15) is 5.15 Å². The molecule has 17 heavy (non-hydrogen) atoms. The van der Waals surface area contributed by atoms with E-state index >= 15 is 0 Å². The van der Waals surface area contributed by atoms with E-state index < -0.39 is 10.8 Å². The van der Waals surface area contributed by atoms with Crippen molar-refractivity contribution < 1.29 is 9.00 Å². The van der Waals surface area contributed by atoms with E-state index in [9.17, 15) is 9.00 Å². The summed E-state index contributed by atoms with van der Waals surface area (Å²) >= 11 is 5.79. The van der Waals surface area contributed by atoms with Crippen LogP contribution >= 0.6 is 11.6 Å². The summed E-state index contributed by atoms with van der Waals surface area (Å²) < 4.78 is 11.1. The Morgan fingerprint density at radius 2 is 2.35 bits per heavy atom. The molecule has 0 aliphatic carbocycles. The number of nitrogens with zero attached hydrogens (tertiary/aromatic N) is 1. The minimum atomic E-state index is -0.864. The molecule has 0 saturated carbocycles. The number of aromatic nitrogens is 1. The zero-order valence-electron chi connectivity index (χ0n) is 9.77. The molecule has 94 valence electrons. The van der Waals surface area contributed by atoms with Crippen molar-refractivity contribution in [3.8, 4) is 0 Å². The van der Waals surface area contributed by atoms with Gasteiger partial charge in [0.15, 0.2) is 0 Å². The van der Waals surface area contributed by atoms with E-state index in [0.29, 0.717) is 18.5 Å². The molecule has 0 radical (unpaired) electrons. The number of rotatable bonds is 5. The minimum absolute atomic E-state index is 0.0691. The smallest absolute Gasteiger partial charge is 0.254 e. The Balaban J connectivity index is 2.46. The van der Waals surface area contributed by atoms with E-state index in [2.05, 4.69) is 10.3 Å². The van der Waals surface area contributed by atoms with Crippen LogP contribution in [0.4, 0.5) is 0 Å². The third-order valence-electron chi connectivity index (χ3n) is 2.41. The quantitative estimate of drug-likeness (QED) is 0.830. The van der Waals surface area contributed by atoms with Gasteiger partial charge in [0.25, 0.3) is 5.91 Å². The molecule has 2 atom stereocenters. The predicted octanol–water partition coefficient (Wildman–Crippen LogP) is 1.62. The maximum absolute atomic E-state index is 11.7. The Labute approximate surface area is 108 Å². The molecule has 1 N–H and O–H groups in total. The zero-order chi connectivity index (χ0) is 12.8. The summed E-state index contributed by atoms with van der Waals surface area (Å²) in [6, 6.07) is 3.27. The summed E-state index contributed by atoms with van der Waals surface area (Å²) in [6.07, 6.45) is 3.86. The van der Waals surface area contributed by atoms with Crippen LogP contribution in [-0.2, 0) is 10.8 Å². The molecule has 0 fully saturated rings. The third-order valence-corrected chi connectivity index (χ3v) is 4.08. The number of nitrogens with one attached hydrogen (secondary N) is 1. The number of carbonyl (C=O) groups is 1. The maximum Gasteiger partial charge on any atom is 0.254 e. The van der Waals surface area contributed by atoms with Crippen LogP contribution in [0, 0.1) is 0 Å². The van der Waals surface area contributed by atoms with Crippen molar-refractivity contribution in [1.29, 1.82) is 0 Å². The van der Waals surface area contributed by atoms with Gasteiger partial charge >= 0.3 is 0 Å². The Morgan fingerprint density at radius 3 is 2.94 bits per heavy atom. The normalized spacial score (nSPS) is 14.1. The topological polar surface area (TPSA) is 59.1 Å². The highest BCUT2D eigenvalue weighted by atomic mass is 35.5. The molecule has 1 rings (SSSR count). The van der Waals surface area contributed by atoms with Crippen LogP contribution in [0.15, 0.2) is 18.3 Å². The van der Waals surface area contributed by atoms with Crippen LogP contribution < -0.4 is 5.32 Å². The fourth-order valence-electron chi connectivity index (χ4n) is 1.21. The fourth-order valence-corrected chi connectivity index (χ4v) is 1.86. The molecule has 0 aliphatic heterocycles. The number of amides is 1. The molecule has 1 aromatic heterocycles. The van der Waals surface area contributed by atoms with Crippen LogP contribution in [0.1, 0.15) is 23.7 Å². The van der Waals surface area contributed by atoms with E-state index in [0.717, 1.165) is 0 Å². The number of hydrogen-bond acceptors (Lipinski definition) is 3. The van der Waals surface area contributed by atoms with Gasteiger partial charge in [-0.2, -0.15) is 0 Å². The third kappa shape index (κ3) is 4.44. The lowest BCUT2D eigenvalue weighted by Gasteiger charge is -2.09. The summed E-state index contributed by atoms with van der Waals surface area (Å²) in [7, 11) is -0.864. The van der Waals surface area contributed by atoms with E-state index in [4.69, 9.17) is 11.6 Å². The van der Waals surface area contributed by atoms with Gasteiger partial charge in [0.05, 0.1) is 5.56 Å². The highest BCUT2D eigenvalue weighted by molar-refractivity contribution is 7.84. The van der Waals surface area contributed by atoms with Crippen LogP contribution in [0.25, 0.3) is 0 Å². The Bertz CT molecular complexity index is 426. The van der Waals surface area contributed by atoms with E-state index in [-0.39, 0.29) is 16.3 Å². The highest BCUT2D eigenvalue weighted by Gasteiger charge is 2.11. The highest BCUT2D eigenvalue weighted by Crippen LogP contribution is 2.10. The van der Waals surface area contributed by atoms with Crippen molar-refractivity contribution in [2.45, 2.75) is 18.6 Å². The SMILES string of the molecule is CC(CCNC(=O)c1cccnc1Cl)S(C)=O. The van der Waals surface area contributed by atoms with E-state index in [1.165, 1.54) is 6.20 Å². The Morgan fingerprint density at radius 1 is 1.65 bits per heavy atom. The monoisotopic (exact) mass is 274 g/mol. The summed E-state index contributed by atoms with van der Waals surface area (Å²) in [5.74, 6) is -0.253. The second-order valence-electron chi connectivity index (χ2n) is 3.70. The van der Waals surface area contributed by atoms with Crippen molar-refractivity contribution in [3.63, 3.8) is 0 Å². The Kier molecular flexibility index (Phi) is 5.58. The van der Waals surface area contributed by atoms with Crippen molar-refractivity contribution in [2.24, 2.45) is 0 Å². The van der Waals surface area contributed by atoms with Gasteiger partial charge < -0.3 is 5.32 Å². The average molecular weight is 275 g/mol. The van der Waals surface area contributed by atoms with Crippen LogP contribution in [0.2, 0.25) is 5.15 Å². The van der Waals surface area contributed by atoms with Crippen molar-refractivity contribution in [3.05, 3.63) is 29.0 Å². The predicted molar refractivity (Wildman–Crippen MR) is 69.7 cm³/mol. The van der Waals surface area contributed by atoms with Crippen LogP contribution in [0.3, 0.4) is 0 Å². The molecule has 0 bridgehead atoms. The molecule has 2 unspecified atom stereocenters. The van der Waals surface area contributed by atoms with Gasteiger partial charge in [0.2, 0.25) is 0 Å². The van der Waals surface area contributed by atoms with Crippen molar-refractivity contribution >= 4 is 28.3 Å². The van der Waals surface area contributed by atoms with Gasteiger partial charge in [-0.1, -0.05) is 18.5 Å². The maximum atomic E-state index is 11.7. The summed E-state index contributed by atoms with van der Waals surface area (Å²) in [4.78, 5) is 15.5. The molecule has 4 nitrogen and oxygen atoms in total.